The zero-order chi connectivity index (χ0) is 20.8. The Morgan fingerprint density at radius 3 is 2.80 bits per heavy atom. The number of H-pyrrole nitrogens is 1. The SMILES string of the molecule is C[C@H](Sc1nc(C2CC2)nc2c1c(=O)[nH]c(=O)n2C1CC1)C(=O)NCc1ccco1. The van der Waals surface area contributed by atoms with E-state index in [1.54, 1.807) is 29.9 Å². The maximum atomic E-state index is 12.7. The lowest BCUT2D eigenvalue weighted by molar-refractivity contribution is -0.120. The van der Waals surface area contributed by atoms with Gasteiger partial charge in [-0.2, -0.15) is 0 Å². The molecule has 0 radical (unpaired) electrons. The summed E-state index contributed by atoms with van der Waals surface area (Å²) in [6.45, 7) is 2.05. The number of nitrogens with zero attached hydrogens (tertiary/aromatic N) is 3. The van der Waals surface area contributed by atoms with Gasteiger partial charge >= 0.3 is 5.69 Å². The summed E-state index contributed by atoms with van der Waals surface area (Å²) in [5.41, 5.74) is -0.565. The second-order valence-corrected chi connectivity index (χ2v) is 9.11. The number of nitrogens with one attached hydrogen (secondary N) is 2. The number of furan rings is 1. The molecule has 3 aromatic heterocycles. The summed E-state index contributed by atoms with van der Waals surface area (Å²) in [5.74, 6) is 1.36. The summed E-state index contributed by atoms with van der Waals surface area (Å²) in [7, 11) is 0. The van der Waals surface area contributed by atoms with Crippen LogP contribution in [0.5, 0.6) is 0 Å². The number of carbonyl (C=O) groups excluding carboxylic acids is 1. The topological polar surface area (TPSA) is 123 Å². The van der Waals surface area contributed by atoms with Crippen LogP contribution in [0.3, 0.4) is 0 Å². The van der Waals surface area contributed by atoms with E-state index in [4.69, 9.17) is 4.42 Å². The summed E-state index contributed by atoms with van der Waals surface area (Å²) in [6.07, 6.45) is 5.31. The van der Waals surface area contributed by atoms with Crippen LogP contribution in [0.4, 0.5) is 0 Å². The van der Waals surface area contributed by atoms with Crippen LogP contribution in [0, 0.1) is 0 Å². The van der Waals surface area contributed by atoms with Crippen LogP contribution in [0.2, 0.25) is 0 Å². The summed E-state index contributed by atoms with van der Waals surface area (Å²) in [6, 6.07) is 3.61. The van der Waals surface area contributed by atoms with Gasteiger partial charge in [0.2, 0.25) is 5.91 Å². The van der Waals surface area contributed by atoms with Gasteiger partial charge in [-0.1, -0.05) is 11.8 Å². The Bertz CT molecular complexity index is 1220. The largest absolute Gasteiger partial charge is 0.467 e. The van der Waals surface area contributed by atoms with Crippen LogP contribution >= 0.6 is 11.8 Å². The highest BCUT2D eigenvalue weighted by Crippen LogP contribution is 2.41. The van der Waals surface area contributed by atoms with E-state index >= 15 is 0 Å². The monoisotopic (exact) mass is 427 g/mol. The molecule has 1 amide bonds. The Morgan fingerprint density at radius 2 is 2.13 bits per heavy atom. The van der Waals surface area contributed by atoms with Crippen LogP contribution in [0.15, 0.2) is 37.4 Å². The molecule has 9 nitrogen and oxygen atoms in total. The molecule has 2 N–H and O–H groups in total. The minimum Gasteiger partial charge on any atom is -0.467 e. The van der Waals surface area contributed by atoms with E-state index in [2.05, 4.69) is 20.3 Å². The summed E-state index contributed by atoms with van der Waals surface area (Å²) in [5, 5.41) is 3.06. The fourth-order valence-corrected chi connectivity index (χ4v) is 4.34. The maximum absolute atomic E-state index is 12.7. The van der Waals surface area contributed by atoms with Gasteiger partial charge in [0.1, 0.15) is 22.0 Å². The van der Waals surface area contributed by atoms with E-state index in [1.807, 2.05) is 0 Å². The molecule has 156 valence electrons. The molecule has 30 heavy (non-hydrogen) atoms. The molecule has 5 rings (SSSR count). The lowest BCUT2D eigenvalue weighted by atomic mass is 10.3. The number of fused-ring (bicyclic) bond motifs is 1. The molecule has 2 aliphatic carbocycles. The van der Waals surface area contributed by atoms with Crippen molar-refractivity contribution >= 4 is 28.7 Å². The molecule has 0 bridgehead atoms. The average Bonchev–Trinajstić information content (AvgIpc) is 3.65. The van der Waals surface area contributed by atoms with Gasteiger partial charge in [-0.05, 0) is 44.7 Å². The Morgan fingerprint density at radius 1 is 1.33 bits per heavy atom. The van der Waals surface area contributed by atoms with Crippen molar-refractivity contribution in [2.75, 3.05) is 0 Å². The van der Waals surface area contributed by atoms with Crippen molar-refractivity contribution in [3.63, 3.8) is 0 Å². The van der Waals surface area contributed by atoms with Gasteiger partial charge in [-0.15, -0.1) is 0 Å². The van der Waals surface area contributed by atoms with Gasteiger partial charge in [0.05, 0.1) is 18.1 Å². The molecule has 0 aliphatic heterocycles. The van der Waals surface area contributed by atoms with Crippen molar-refractivity contribution in [3.8, 4) is 0 Å². The highest BCUT2D eigenvalue weighted by molar-refractivity contribution is 8.00. The zero-order valence-corrected chi connectivity index (χ0v) is 17.2. The van der Waals surface area contributed by atoms with Crippen molar-refractivity contribution in [1.82, 2.24) is 24.8 Å². The van der Waals surface area contributed by atoms with Crippen LogP contribution in [-0.2, 0) is 11.3 Å². The third kappa shape index (κ3) is 3.67. The molecule has 10 heteroatoms. The van der Waals surface area contributed by atoms with Crippen LogP contribution in [0.1, 0.15) is 56.2 Å². The molecule has 3 aromatic rings. The normalized spacial score (nSPS) is 17.2. The first kappa shape index (κ1) is 19.1. The van der Waals surface area contributed by atoms with E-state index in [1.165, 1.54) is 11.8 Å². The molecular weight excluding hydrogens is 406 g/mol. The first-order chi connectivity index (χ1) is 14.5. The van der Waals surface area contributed by atoms with Crippen LogP contribution in [-0.4, -0.2) is 30.7 Å². The molecule has 0 saturated heterocycles. The number of rotatable bonds is 7. The van der Waals surface area contributed by atoms with Crippen molar-refractivity contribution in [2.45, 2.75) is 61.4 Å². The third-order valence-electron chi connectivity index (χ3n) is 5.30. The van der Waals surface area contributed by atoms with Gasteiger partial charge < -0.3 is 9.73 Å². The fourth-order valence-electron chi connectivity index (χ4n) is 3.37. The highest BCUT2D eigenvalue weighted by Gasteiger charge is 2.32. The number of carbonyl (C=O) groups is 1. The van der Waals surface area contributed by atoms with E-state index in [-0.39, 0.29) is 29.8 Å². The predicted molar refractivity (Wildman–Crippen MR) is 111 cm³/mol. The average molecular weight is 427 g/mol. The van der Waals surface area contributed by atoms with Gasteiger partial charge in [0, 0.05) is 12.0 Å². The molecule has 0 unspecified atom stereocenters. The molecule has 0 spiro atoms. The summed E-state index contributed by atoms with van der Waals surface area (Å²) >= 11 is 1.21. The second kappa shape index (κ2) is 7.42. The van der Waals surface area contributed by atoms with Crippen LogP contribution in [0.25, 0.3) is 11.0 Å². The summed E-state index contributed by atoms with van der Waals surface area (Å²) in [4.78, 5) is 49.3. The van der Waals surface area contributed by atoms with Gasteiger partial charge in [0.25, 0.3) is 5.56 Å². The van der Waals surface area contributed by atoms with Crippen molar-refractivity contribution in [3.05, 3.63) is 50.8 Å². The van der Waals surface area contributed by atoms with Crippen molar-refractivity contribution in [2.24, 2.45) is 0 Å². The van der Waals surface area contributed by atoms with Crippen molar-refractivity contribution in [1.29, 1.82) is 0 Å². The first-order valence-electron chi connectivity index (χ1n) is 10.0. The molecule has 2 fully saturated rings. The minimum atomic E-state index is -0.514. The Kier molecular flexibility index (Phi) is 4.73. The van der Waals surface area contributed by atoms with E-state index in [9.17, 15) is 14.4 Å². The zero-order valence-electron chi connectivity index (χ0n) is 16.4. The van der Waals surface area contributed by atoms with Crippen LogP contribution < -0.4 is 16.6 Å². The molecule has 3 heterocycles. The molecular formula is C20H21N5O4S. The quantitative estimate of drug-likeness (QED) is 0.437. The first-order valence-corrected chi connectivity index (χ1v) is 10.9. The highest BCUT2D eigenvalue weighted by atomic mass is 32.2. The van der Waals surface area contributed by atoms with Gasteiger partial charge in [-0.3, -0.25) is 19.1 Å². The van der Waals surface area contributed by atoms with E-state index in [0.29, 0.717) is 22.3 Å². The number of aromatic amines is 1. The minimum absolute atomic E-state index is 0.0608. The van der Waals surface area contributed by atoms with E-state index in [0.717, 1.165) is 25.7 Å². The lowest BCUT2D eigenvalue weighted by Crippen LogP contribution is -2.32. The van der Waals surface area contributed by atoms with Gasteiger partial charge in [0.15, 0.2) is 5.65 Å². The fraction of sp³-hybridized carbons (Fsp3) is 0.450. The number of aromatic nitrogens is 4. The van der Waals surface area contributed by atoms with E-state index < -0.39 is 16.5 Å². The smallest absolute Gasteiger partial charge is 0.330 e. The number of hydrogen-bond acceptors (Lipinski definition) is 7. The number of hydrogen-bond donors (Lipinski definition) is 2. The molecule has 2 saturated carbocycles. The van der Waals surface area contributed by atoms with Gasteiger partial charge in [-0.25, -0.2) is 14.8 Å². The Balaban J connectivity index is 1.50. The predicted octanol–water partition coefficient (Wildman–Crippen LogP) is 2.08. The Labute approximate surface area is 175 Å². The molecule has 0 aromatic carbocycles. The second-order valence-electron chi connectivity index (χ2n) is 7.78. The molecule has 1 atom stereocenters. The lowest BCUT2D eigenvalue weighted by Gasteiger charge is -2.14. The van der Waals surface area contributed by atoms with Crippen molar-refractivity contribution < 1.29 is 9.21 Å². The Hall–Kier alpha value is -2.88. The third-order valence-corrected chi connectivity index (χ3v) is 6.38. The standard InChI is InChI=1S/C20H21N5O4S/c1-10(17(26)21-9-13-3-2-8-29-13)30-19-14-16(22-15(23-19)11-4-5-11)25(12-6-7-12)20(28)24-18(14)27/h2-3,8,10-12H,4-7,9H2,1H3,(H,21,26)(H,24,27,28)/t10-/m0/s1. The number of thioether (sulfide) groups is 1. The number of amides is 1. The maximum Gasteiger partial charge on any atom is 0.330 e. The summed E-state index contributed by atoms with van der Waals surface area (Å²) < 4.78 is 6.82. The molecule has 2 aliphatic rings.